The number of amides is 2. The summed E-state index contributed by atoms with van der Waals surface area (Å²) in [4.78, 5) is 18.8. The Balaban J connectivity index is 1.65. The van der Waals surface area contributed by atoms with E-state index >= 15 is 0 Å². The van der Waals surface area contributed by atoms with E-state index in [2.05, 4.69) is 48.4 Å². The molecule has 1 heterocycles. The van der Waals surface area contributed by atoms with Crippen LogP contribution in [-0.4, -0.2) is 23.0 Å². The largest absolute Gasteiger partial charge is 0.331 e. The third-order valence-electron chi connectivity index (χ3n) is 4.14. The summed E-state index contributed by atoms with van der Waals surface area (Å²) >= 11 is 1.63. The standard InChI is InChI=1S/C20H23N3OS/c1-13-9-14(2)11-16(10-13)15(3)21-20(24)23(4)12-19-22-17-7-5-6-8-18(17)25-19/h5-11,15H,12H2,1-4H3,(H,21,24). The second-order valence-electron chi connectivity index (χ2n) is 6.52. The van der Waals surface area contributed by atoms with Crippen LogP contribution in [0.25, 0.3) is 10.2 Å². The van der Waals surface area contributed by atoms with E-state index in [9.17, 15) is 4.79 Å². The number of para-hydroxylation sites is 1. The molecule has 5 heteroatoms. The fourth-order valence-corrected chi connectivity index (χ4v) is 3.92. The number of nitrogens with zero attached hydrogens (tertiary/aromatic N) is 2. The molecule has 1 aromatic heterocycles. The van der Waals surface area contributed by atoms with Crippen LogP contribution in [0.1, 0.15) is 34.7 Å². The quantitative estimate of drug-likeness (QED) is 0.731. The predicted molar refractivity (Wildman–Crippen MR) is 104 cm³/mol. The first-order valence-electron chi connectivity index (χ1n) is 8.36. The molecular weight excluding hydrogens is 330 g/mol. The van der Waals surface area contributed by atoms with Gasteiger partial charge in [-0.05, 0) is 38.5 Å². The summed E-state index contributed by atoms with van der Waals surface area (Å²) in [6.45, 7) is 6.66. The Morgan fingerprint density at radius 2 is 1.88 bits per heavy atom. The van der Waals surface area contributed by atoms with Gasteiger partial charge in [0.25, 0.3) is 0 Å². The van der Waals surface area contributed by atoms with E-state index < -0.39 is 0 Å². The molecule has 0 fully saturated rings. The molecule has 25 heavy (non-hydrogen) atoms. The van der Waals surface area contributed by atoms with Crippen molar-refractivity contribution in [3.05, 3.63) is 64.2 Å². The van der Waals surface area contributed by atoms with E-state index in [1.807, 2.05) is 25.1 Å². The first-order chi connectivity index (χ1) is 11.9. The maximum absolute atomic E-state index is 12.5. The van der Waals surface area contributed by atoms with Crippen molar-refractivity contribution in [1.29, 1.82) is 0 Å². The molecule has 3 aromatic rings. The van der Waals surface area contributed by atoms with Crippen LogP contribution in [0, 0.1) is 13.8 Å². The van der Waals surface area contributed by atoms with Crippen LogP contribution in [-0.2, 0) is 6.54 Å². The Morgan fingerprint density at radius 3 is 2.56 bits per heavy atom. The molecule has 0 bridgehead atoms. The lowest BCUT2D eigenvalue weighted by atomic mass is 10.0. The minimum absolute atomic E-state index is 0.0380. The summed E-state index contributed by atoms with van der Waals surface area (Å²) in [6, 6.07) is 14.3. The lowest BCUT2D eigenvalue weighted by Gasteiger charge is -2.21. The van der Waals surface area contributed by atoms with Gasteiger partial charge in [-0.15, -0.1) is 11.3 Å². The number of aromatic nitrogens is 1. The first-order valence-corrected chi connectivity index (χ1v) is 9.18. The minimum Gasteiger partial charge on any atom is -0.331 e. The Hall–Kier alpha value is -2.40. The number of aryl methyl sites for hydroxylation is 2. The molecule has 0 radical (unpaired) electrons. The maximum Gasteiger partial charge on any atom is 0.317 e. The van der Waals surface area contributed by atoms with Gasteiger partial charge < -0.3 is 10.2 Å². The average Bonchev–Trinajstić information content (AvgIpc) is 2.95. The predicted octanol–water partition coefficient (Wildman–Crippen LogP) is 4.82. The number of carbonyl (C=O) groups excluding carboxylic acids is 1. The van der Waals surface area contributed by atoms with Gasteiger partial charge in [-0.25, -0.2) is 9.78 Å². The molecule has 0 aliphatic carbocycles. The second-order valence-corrected chi connectivity index (χ2v) is 7.64. The molecule has 4 nitrogen and oxygen atoms in total. The molecule has 130 valence electrons. The SMILES string of the molecule is Cc1cc(C)cc(C(C)NC(=O)N(C)Cc2nc3ccccc3s2)c1. The van der Waals surface area contributed by atoms with Crippen molar-refractivity contribution < 1.29 is 4.79 Å². The van der Waals surface area contributed by atoms with Crippen molar-refractivity contribution in [1.82, 2.24) is 15.2 Å². The Kier molecular flexibility index (Phi) is 5.04. The van der Waals surface area contributed by atoms with Crippen molar-refractivity contribution in [2.75, 3.05) is 7.05 Å². The van der Waals surface area contributed by atoms with Crippen LogP contribution in [0.15, 0.2) is 42.5 Å². The number of carbonyl (C=O) groups is 1. The van der Waals surface area contributed by atoms with Gasteiger partial charge in [-0.1, -0.05) is 41.5 Å². The number of hydrogen-bond donors (Lipinski definition) is 1. The van der Waals surface area contributed by atoms with Gasteiger partial charge in [0.15, 0.2) is 0 Å². The Bertz CT molecular complexity index is 850. The zero-order chi connectivity index (χ0) is 18.0. The summed E-state index contributed by atoms with van der Waals surface area (Å²) in [5, 5.41) is 4.01. The molecule has 3 rings (SSSR count). The highest BCUT2D eigenvalue weighted by molar-refractivity contribution is 7.18. The lowest BCUT2D eigenvalue weighted by Crippen LogP contribution is -2.38. The van der Waals surface area contributed by atoms with Crippen molar-refractivity contribution in [3.63, 3.8) is 0 Å². The van der Waals surface area contributed by atoms with Crippen LogP contribution in [0.5, 0.6) is 0 Å². The van der Waals surface area contributed by atoms with E-state index in [1.165, 1.54) is 11.1 Å². The summed E-state index contributed by atoms with van der Waals surface area (Å²) in [6.07, 6.45) is 0. The van der Waals surface area contributed by atoms with E-state index in [0.717, 1.165) is 20.8 Å². The first kappa shape index (κ1) is 17.4. The fourth-order valence-electron chi connectivity index (χ4n) is 2.90. The van der Waals surface area contributed by atoms with E-state index in [0.29, 0.717) is 6.54 Å². The van der Waals surface area contributed by atoms with Gasteiger partial charge >= 0.3 is 6.03 Å². The van der Waals surface area contributed by atoms with Crippen molar-refractivity contribution >= 4 is 27.6 Å². The third-order valence-corrected chi connectivity index (χ3v) is 5.16. The van der Waals surface area contributed by atoms with E-state index in [4.69, 9.17) is 0 Å². The van der Waals surface area contributed by atoms with Crippen LogP contribution in [0.4, 0.5) is 4.79 Å². The highest BCUT2D eigenvalue weighted by atomic mass is 32.1. The van der Waals surface area contributed by atoms with Crippen LogP contribution in [0.3, 0.4) is 0 Å². The van der Waals surface area contributed by atoms with Gasteiger partial charge in [-0.3, -0.25) is 0 Å². The molecular formula is C20H23N3OS. The van der Waals surface area contributed by atoms with Crippen LogP contribution in [0.2, 0.25) is 0 Å². The van der Waals surface area contributed by atoms with Crippen molar-refractivity contribution in [2.24, 2.45) is 0 Å². The van der Waals surface area contributed by atoms with Gasteiger partial charge in [0.05, 0.1) is 22.8 Å². The van der Waals surface area contributed by atoms with Crippen molar-refractivity contribution in [2.45, 2.75) is 33.4 Å². The van der Waals surface area contributed by atoms with Crippen LogP contribution >= 0.6 is 11.3 Å². The Labute approximate surface area is 152 Å². The molecule has 1 N–H and O–H groups in total. The number of rotatable bonds is 4. The molecule has 2 aromatic carbocycles. The molecule has 2 amide bonds. The zero-order valence-electron chi connectivity index (χ0n) is 15.0. The topological polar surface area (TPSA) is 45.2 Å². The molecule has 0 spiro atoms. The molecule has 1 unspecified atom stereocenters. The monoisotopic (exact) mass is 353 g/mol. The summed E-state index contributed by atoms with van der Waals surface area (Å²) in [5.41, 5.74) is 4.53. The summed E-state index contributed by atoms with van der Waals surface area (Å²) < 4.78 is 1.15. The number of thiazole rings is 1. The van der Waals surface area contributed by atoms with Crippen molar-refractivity contribution in [3.8, 4) is 0 Å². The highest BCUT2D eigenvalue weighted by Gasteiger charge is 2.15. The van der Waals surface area contributed by atoms with Gasteiger partial charge in [0.2, 0.25) is 0 Å². The smallest absolute Gasteiger partial charge is 0.317 e. The molecule has 0 saturated heterocycles. The zero-order valence-corrected chi connectivity index (χ0v) is 15.9. The normalized spacial score (nSPS) is 12.2. The number of urea groups is 1. The number of fused-ring (bicyclic) bond motifs is 1. The average molecular weight is 353 g/mol. The summed E-state index contributed by atoms with van der Waals surface area (Å²) in [5.74, 6) is 0. The maximum atomic E-state index is 12.5. The third kappa shape index (κ3) is 4.17. The molecule has 0 aliphatic heterocycles. The fraction of sp³-hybridized carbons (Fsp3) is 0.300. The van der Waals surface area contributed by atoms with Gasteiger partial charge in [0, 0.05) is 7.05 Å². The van der Waals surface area contributed by atoms with E-state index in [-0.39, 0.29) is 12.1 Å². The van der Waals surface area contributed by atoms with Crippen LogP contribution < -0.4 is 5.32 Å². The molecule has 0 saturated carbocycles. The Morgan fingerprint density at radius 1 is 1.20 bits per heavy atom. The molecule has 0 aliphatic rings. The van der Waals surface area contributed by atoms with E-state index in [1.54, 1.807) is 23.3 Å². The second kappa shape index (κ2) is 7.23. The lowest BCUT2D eigenvalue weighted by molar-refractivity contribution is 0.203. The molecule has 1 atom stereocenters. The van der Waals surface area contributed by atoms with Gasteiger partial charge in [-0.2, -0.15) is 0 Å². The van der Waals surface area contributed by atoms with Gasteiger partial charge in [0.1, 0.15) is 5.01 Å². The highest BCUT2D eigenvalue weighted by Crippen LogP contribution is 2.22. The number of nitrogens with one attached hydrogen (secondary N) is 1. The number of hydrogen-bond acceptors (Lipinski definition) is 3. The minimum atomic E-state index is -0.0917. The number of benzene rings is 2. The summed E-state index contributed by atoms with van der Waals surface area (Å²) in [7, 11) is 1.80.